The van der Waals surface area contributed by atoms with E-state index >= 15 is 0 Å². The van der Waals surface area contributed by atoms with Crippen LogP contribution in [0, 0.1) is 6.92 Å². The lowest BCUT2D eigenvalue weighted by Gasteiger charge is -2.09. The predicted octanol–water partition coefficient (Wildman–Crippen LogP) is 3.32. The highest BCUT2D eigenvalue weighted by Gasteiger charge is 2.16. The average Bonchev–Trinajstić information content (AvgIpc) is 2.53. The van der Waals surface area contributed by atoms with Crippen molar-refractivity contribution in [2.75, 3.05) is 6.54 Å². The monoisotopic (exact) mass is 387 g/mol. The molecule has 2 rings (SSSR count). The van der Waals surface area contributed by atoms with Gasteiger partial charge in [-0.1, -0.05) is 47.0 Å². The number of carbonyl (C=O) groups is 1. The molecule has 0 unspecified atom stereocenters. The van der Waals surface area contributed by atoms with Crippen LogP contribution in [-0.2, 0) is 26.2 Å². The summed E-state index contributed by atoms with van der Waals surface area (Å²) in [6.07, 6.45) is 0. The van der Waals surface area contributed by atoms with E-state index in [0.29, 0.717) is 15.6 Å². The summed E-state index contributed by atoms with van der Waals surface area (Å²) in [5.74, 6) is -0.735. The Kier molecular flexibility index (Phi) is 6.23. The van der Waals surface area contributed by atoms with E-state index in [1.807, 2.05) is 6.92 Å². The van der Waals surface area contributed by atoms with Crippen LogP contribution in [0.3, 0.4) is 0 Å². The minimum Gasteiger partial charge on any atom is -0.460 e. The molecule has 0 spiro atoms. The summed E-state index contributed by atoms with van der Waals surface area (Å²) < 4.78 is 31.3. The van der Waals surface area contributed by atoms with Crippen molar-refractivity contribution in [3.05, 3.63) is 63.6 Å². The van der Waals surface area contributed by atoms with Gasteiger partial charge in [-0.05, 0) is 31.2 Å². The largest absolute Gasteiger partial charge is 0.460 e. The van der Waals surface area contributed by atoms with Crippen molar-refractivity contribution in [3.8, 4) is 0 Å². The molecule has 0 atom stereocenters. The first-order valence-corrected chi connectivity index (χ1v) is 9.18. The van der Waals surface area contributed by atoms with Crippen molar-refractivity contribution < 1.29 is 17.9 Å². The van der Waals surface area contributed by atoms with Crippen LogP contribution in [0.2, 0.25) is 10.0 Å². The number of ether oxygens (including phenoxy) is 1. The molecule has 0 radical (unpaired) electrons. The Morgan fingerprint density at radius 3 is 2.25 bits per heavy atom. The van der Waals surface area contributed by atoms with Crippen LogP contribution in [0.1, 0.15) is 11.1 Å². The van der Waals surface area contributed by atoms with Crippen LogP contribution in [0.4, 0.5) is 0 Å². The van der Waals surface area contributed by atoms with Gasteiger partial charge in [-0.2, -0.15) is 4.72 Å². The van der Waals surface area contributed by atoms with Crippen LogP contribution in [0.15, 0.2) is 47.4 Å². The molecule has 0 heterocycles. The maximum Gasteiger partial charge on any atom is 0.321 e. The molecule has 128 valence electrons. The fraction of sp³-hybridized carbons (Fsp3) is 0.188. The minimum atomic E-state index is -3.77. The third kappa shape index (κ3) is 4.95. The highest BCUT2D eigenvalue weighted by molar-refractivity contribution is 7.89. The Hall–Kier alpha value is -1.60. The number of nitrogens with one attached hydrogen (secondary N) is 1. The molecule has 0 aliphatic heterocycles. The van der Waals surface area contributed by atoms with Gasteiger partial charge in [0.2, 0.25) is 10.0 Å². The highest BCUT2D eigenvalue weighted by atomic mass is 35.5. The first kappa shape index (κ1) is 18.7. The highest BCUT2D eigenvalue weighted by Crippen LogP contribution is 2.24. The number of rotatable bonds is 6. The number of sulfonamides is 1. The normalized spacial score (nSPS) is 11.3. The number of esters is 1. The molecule has 0 amide bonds. The molecule has 0 aliphatic rings. The average molecular weight is 388 g/mol. The fourth-order valence-corrected chi connectivity index (χ4v) is 3.30. The van der Waals surface area contributed by atoms with Gasteiger partial charge in [-0.3, -0.25) is 4.79 Å². The molecule has 2 aromatic carbocycles. The smallest absolute Gasteiger partial charge is 0.321 e. The third-order valence-corrected chi connectivity index (χ3v) is 5.30. The summed E-state index contributed by atoms with van der Waals surface area (Å²) in [6, 6.07) is 11.2. The first-order chi connectivity index (χ1) is 11.3. The molecular formula is C16H15Cl2NO4S. The number of hydrogen-bond acceptors (Lipinski definition) is 4. The van der Waals surface area contributed by atoms with Crippen LogP contribution in [-0.4, -0.2) is 20.9 Å². The summed E-state index contributed by atoms with van der Waals surface area (Å²) in [6.45, 7) is 1.23. The SMILES string of the molecule is Cc1ccc(S(=O)(=O)NCC(=O)OCc2c(Cl)cccc2Cl)cc1. The van der Waals surface area contributed by atoms with E-state index in [1.165, 1.54) is 12.1 Å². The van der Waals surface area contributed by atoms with E-state index in [4.69, 9.17) is 27.9 Å². The number of benzene rings is 2. The van der Waals surface area contributed by atoms with E-state index in [0.717, 1.165) is 5.56 Å². The molecule has 24 heavy (non-hydrogen) atoms. The van der Waals surface area contributed by atoms with Gasteiger partial charge in [0.15, 0.2) is 0 Å². The van der Waals surface area contributed by atoms with Crippen molar-refractivity contribution in [3.63, 3.8) is 0 Å². The fourth-order valence-electron chi connectivity index (χ4n) is 1.83. The Balaban J connectivity index is 1.92. The second kappa shape index (κ2) is 7.98. The molecule has 1 N–H and O–H groups in total. The van der Waals surface area contributed by atoms with Crippen LogP contribution < -0.4 is 4.72 Å². The molecule has 2 aromatic rings. The van der Waals surface area contributed by atoms with Crippen molar-refractivity contribution in [2.45, 2.75) is 18.4 Å². The Morgan fingerprint density at radius 1 is 1.08 bits per heavy atom. The van der Waals surface area contributed by atoms with Gasteiger partial charge in [-0.15, -0.1) is 0 Å². The second-order valence-electron chi connectivity index (χ2n) is 5.00. The Bertz CT molecular complexity index is 815. The lowest BCUT2D eigenvalue weighted by molar-refractivity contribution is -0.143. The van der Waals surface area contributed by atoms with Crippen molar-refractivity contribution >= 4 is 39.2 Å². The van der Waals surface area contributed by atoms with Gasteiger partial charge < -0.3 is 4.74 Å². The lowest BCUT2D eigenvalue weighted by Crippen LogP contribution is -2.30. The van der Waals surface area contributed by atoms with E-state index in [-0.39, 0.29) is 11.5 Å². The number of hydrogen-bond donors (Lipinski definition) is 1. The molecule has 0 saturated heterocycles. The van der Waals surface area contributed by atoms with Gasteiger partial charge in [-0.25, -0.2) is 8.42 Å². The Morgan fingerprint density at radius 2 is 1.67 bits per heavy atom. The molecule has 0 aliphatic carbocycles. The van der Waals surface area contributed by atoms with Gasteiger partial charge in [0.05, 0.1) is 4.90 Å². The first-order valence-electron chi connectivity index (χ1n) is 6.94. The van der Waals surface area contributed by atoms with Crippen LogP contribution in [0.25, 0.3) is 0 Å². The van der Waals surface area contributed by atoms with Crippen molar-refractivity contribution in [1.82, 2.24) is 4.72 Å². The molecule has 0 aromatic heterocycles. The molecule has 0 bridgehead atoms. The van der Waals surface area contributed by atoms with Gasteiger partial charge in [0, 0.05) is 15.6 Å². The predicted molar refractivity (Wildman–Crippen MR) is 92.6 cm³/mol. The Labute approximate surface area is 150 Å². The minimum absolute atomic E-state index is 0.0787. The molecule has 8 heteroatoms. The maximum atomic E-state index is 12.1. The van der Waals surface area contributed by atoms with Gasteiger partial charge >= 0.3 is 5.97 Å². The number of halogens is 2. The number of aryl methyl sites for hydroxylation is 1. The van der Waals surface area contributed by atoms with Gasteiger partial charge in [0.1, 0.15) is 13.2 Å². The van der Waals surface area contributed by atoms with Crippen LogP contribution in [0.5, 0.6) is 0 Å². The summed E-state index contributed by atoms with van der Waals surface area (Å²) >= 11 is 11.9. The van der Waals surface area contributed by atoms with E-state index in [1.54, 1.807) is 30.3 Å². The summed E-state index contributed by atoms with van der Waals surface area (Å²) in [4.78, 5) is 11.8. The van der Waals surface area contributed by atoms with Gasteiger partial charge in [0.25, 0.3) is 0 Å². The zero-order valence-corrected chi connectivity index (χ0v) is 15.1. The van der Waals surface area contributed by atoms with E-state index in [9.17, 15) is 13.2 Å². The topological polar surface area (TPSA) is 72.5 Å². The maximum absolute atomic E-state index is 12.1. The standard InChI is InChI=1S/C16H15Cl2NO4S/c1-11-5-7-12(8-6-11)24(21,22)19-9-16(20)23-10-13-14(17)3-2-4-15(13)18/h2-8,19H,9-10H2,1H3. The van der Waals surface area contributed by atoms with Crippen LogP contribution >= 0.6 is 23.2 Å². The zero-order valence-electron chi connectivity index (χ0n) is 12.8. The quantitative estimate of drug-likeness (QED) is 0.771. The molecular weight excluding hydrogens is 373 g/mol. The van der Waals surface area contributed by atoms with E-state index in [2.05, 4.69) is 4.72 Å². The van der Waals surface area contributed by atoms with Crippen molar-refractivity contribution in [1.29, 1.82) is 0 Å². The summed E-state index contributed by atoms with van der Waals surface area (Å²) in [7, 11) is -3.77. The third-order valence-electron chi connectivity index (χ3n) is 3.18. The van der Waals surface area contributed by atoms with Crippen molar-refractivity contribution in [2.24, 2.45) is 0 Å². The molecule has 0 saturated carbocycles. The summed E-state index contributed by atoms with van der Waals surface area (Å²) in [5.41, 5.74) is 1.40. The lowest BCUT2D eigenvalue weighted by atomic mass is 10.2. The number of carbonyl (C=O) groups excluding carboxylic acids is 1. The molecule has 0 fully saturated rings. The zero-order chi connectivity index (χ0) is 17.7. The summed E-state index contributed by atoms with van der Waals surface area (Å²) in [5, 5.41) is 0.742. The van der Waals surface area contributed by atoms with E-state index < -0.39 is 22.5 Å². The molecule has 5 nitrogen and oxygen atoms in total. The second-order valence-corrected chi connectivity index (χ2v) is 7.58.